The lowest BCUT2D eigenvalue weighted by Gasteiger charge is -2.47. The summed E-state index contributed by atoms with van der Waals surface area (Å²) in [6, 6.07) is 22.2. The summed E-state index contributed by atoms with van der Waals surface area (Å²) in [4.78, 5) is 20.5. The van der Waals surface area contributed by atoms with Crippen LogP contribution >= 0.6 is 0 Å². The minimum Gasteiger partial charge on any atom is -0.454 e. The maximum Gasteiger partial charge on any atom is 0.257 e. The van der Waals surface area contributed by atoms with E-state index in [4.69, 9.17) is 18.9 Å². The number of ether oxygens (including phenoxy) is 4. The number of amides is 1. The molecular formula is C34H39N3O5. The van der Waals surface area contributed by atoms with Crippen LogP contribution in [-0.2, 0) is 6.42 Å². The summed E-state index contributed by atoms with van der Waals surface area (Å²) in [6.07, 6.45) is 2.89. The van der Waals surface area contributed by atoms with Crippen LogP contribution in [0.4, 0.5) is 0 Å². The third-order valence-electron chi connectivity index (χ3n) is 9.41. The number of nitrogens with zero attached hydrogens (tertiary/aromatic N) is 3. The second kappa shape index (κ2) is 11.5. The van der Waals surface area contributed by atoms with Crippen LogP contribution in [0.2, 0.25) is 0 Å². The van der Waals surface area contributed by atoms with Crippen LogP contribution in [0.25, 0.3) is 0 Å². The molecule has 2 atom stereocenters. The van der Waals surface area contributed by atoms with Gasteiger partial charge in [-0.15, -0.1) is 0 Å². The van der Waals surface area contributed by atoms with E-state index in [1.54, 1.807) is 0 Å². The molecule has 0 unspecified atom stereocenters. The second-order valence-electron chi connectivity index (χ2n) is 11.9. The fraction of sp³-hybridized carbons (Fsp3) is 0.441. The maximum absolute atomic E-state index is 13.3. The van der Waals surface area contributed by atoms with Crippen molar-refractivity contribution >= 4 is 5.91 Å². The van der Waals surface area contributed by atoms with Crippen LogP contribution in [-0.4, -0.2) is 79.0 Å². The zero-order valence-electron chi connectivity index (χ0n) is 24.5. The van der Waals surface area contributed by atoms with E-state index in [0.717, 1.165) is 63.5 Å². The Bertz CT molecular complexity index is 1440. The summed E-state index contributed by atoms with van der Waals surface area (Å²) in [5, 5.41) is 0. The van der Waals surface area contributed by atoms with Gasteiger partial charge in [-0.1, -0.05) is 36.4 Å². The van der Waals surface area contributed by atoms with Gasteiger partial charge >= 0.3 is 0 Å². The fourth-order valence-electron chi connectivity index (χ4n) is 7.00. The number of carbonyl (C=O) groups excluding carboxylic acids is 1. The van der Waals surface area contributed by atoms with Crippen molar-refractivity contribution < 1.29 is 23.7 Å². The van der Waals surface area contributed by atoms with E-state index in [2.05, 4.69) is 60.0 Å². The van der Waals surface area contributed by atoms with Gasteiger partial charge in [-0.25, -0.2) is 0 Å². The van der Waals surface area contributed by atoms with Gasteiger partial charge in [0.05, 0.1) is 5.56 Å². The average Bonchev–Trinajstić information content (AvgIpc) is 3.70. The predicted octanol–water partition coefficient (Wildman–Crippen LogP) is 5.11. The Kier molecular flexibility index (Phi) is 7.42. The highest BCUT2D eigenvalue weighted by Crippen LogP contribution is 2.37. The number of rotatable bonds is 6. The molecule has 7 rings (SSSR count). The van der Waals surface area contributed by atoms with Crippen LogP contribution in [0, 0.1) is 0 Å². The van der Waals surface area contributed by atoms with Crippen molar-refractivity contribution in [3.05, 3.63) is 82.9 Å². The number of piperidine rings is 1. The van der Waals surface area contributed by atoms with Crippen LogP contribution in [0.3, 0.4) is 0 Å². The Morgan fingerprint density at radius 3 is 2.38 bits per heavy atom. The summed E-state index contributed by atoms with van der Waals surface area (Å²) in [5.74, 6) is 2.96. The maximum atomic E-state index is 13.3. The monoisotopic (exact) mass is 569 g/mol. The lowest BCUT2D eigenvalue weighted by molar-refractivity contribution is 0.0135. The lowest BCUT2D eigenvalue weighted by Crippen LogP contribution is -2.57. The van der Waals surface area contributed by atoms with Crippen LogP contribution < -0.4 is 18.9 Å². The van der Waals surface area contributed by atoms with Crippen molar-refractivity contribution in [3.8, 4) is 23.0 Å². The number of hydrogen-bond donors (Lipinski definition) is 0. The van der Waals surface area contributed by atoms with Crippen LogP contribution in [0.15, 0.2) is 60.7 Å². The van der Waals surface area contributed by atoms with Crippen molar-refractivity contribution in [2.75, 3.05) is 46.3 Å². The molecule has 8 heteroatoms. The molecule has 2 fully saturated rings. The Morgan fingerprint density at radius 2 is 1.57 bits per heavy atom. The van der Waals surface area contributed by atoms with E-state index in [1.165, 1.54) is 16.7 Å². The number of piperazine rings is 1. The van der Waals surface area contributed by atoms with Crippen molar-refractivity contribution in [3.63, 3.8) is 0 Å². The zero-order valence-corrected chi connectivity index (χ0v) is 24.5. The van der Waals surface area contributed by atoms with Gasteiger partial charge in [0.1, 0.15) is 0 Å². The summed E-state index contributed by atoms with van der Waals surface area (Å²) in [5.41, 5.74) is 4.50. The Balaban J connectivity index is 0.913. The van der Waals surface area contributed by atoms with E-state index in [0.29, 0.717) is 42.0 Å². The lowest BCUT2D eigenvalue weighted by atomic mass is 9.97. The van der Waals surface area contributed by atoms with Gasteiger partial charge in [-0.2, -0.15) is 0 Å². The Labute approximate surface area is 247 Å². The third-order valence-corrected chi connectivity index (χ3v) is 9.41. The third kappa shape index (κ3) is 5.29. The molecule has 220 valence electrons. The van der Waals surface area contributed by atoms with Gasteiger partial charge in [0.25, 0.3) is 5.91 Å². The molecule has 1 amide bonds. The summed E-state index contributed by atoms with van der Waals surface area (Å²) < 4.78 is 22.0. The SMILES string of the molecule is C[C@@H]1CN(C2CCN(C(=O)c3cccc4c3OCO4)CC2)CCN1[C@H](C)c1ccc(Cc2ccc3c(c2)OCO3)cc1. The predicted molar refractivity (Wildman–Crippen MR) is 159 cm³/mol. The molecule has 0 radical (unpaired) electrons. The molecule has 3 aromatic rings. The highest BCUT2D eigenvalue weighted by Gasteiger charge is 2.34. The first kappa shape index (κ1) is 27.1. The molecule has 0 bridgehead atoms. The smallest absolute Gasteiger partial charge is 0.257 e. The normalized spacial score (nSPS) is 21.5. The first-order chi connectivity index (χ1) is 20.5. The number of fused-ring (bicyclic) bond motifs is 2. The minimum absolute atomic E-state index is 0.0460. The highest BCUT2D eigenvalue weighted by atomic mass is 16.7. The molecule has 0 aliphatic carbocycles. The van der Waals surface area contributed by atoms with E-state index in [1.807, 2.05) is 29.2 Å². The minimum atomic E-state index is 0.0460. The van der Waals surface area contributed by atoms with Crippen molar-refractivity contribution in [1.29, 1.82) is 0 Å². The molecule has 0 aromatic heterocycles. The Morgan fingerprint density at radius 1 is 0.833 bits per heavy atom. The zero-order chi connectivity index (χ0) is 28.6. The van der Waals surface area contributed by atoms with Gasteiger partial charge < -0.3 is 23.8 Å². The molecule has 0 spiro atoms. The number of para-hydroxylation sites is 1. The van der Waals surface area contributed by atoms with Crippen LogP contribution in [0.5, 0.6) is 23.0 Å². The van der Waals surface area contributed by atoms with Gasteiger partial charge in [-0.05, 0) is 74.1 Å². The topological polar surface area (TPSA) is 63.7 Å². The molecule has 4 aliphatic heterocycles. The van der Waals surface area contributed by atoms with Crippen molar-refractivity contribution in [1.82, 2.24) is 14.7 Å². The first-order valence-electron chi connectivity index (χ1n) is 15.2. The summed E-state index contributed by atoms with van der Waals surface area (Å²) in [7, 11) is 0. The largest absolute Gasteiger partial charge is 0.454 e. The van der Waals surface area contributed by atoms with E-state index >= 15 is 0 Å². The van der Waals surface area contributed by atoms with E-state index in [-0.39, 0.29) is 12.7 Å². The number of benzene rings is 3. The summed E-state index contributed by atoms with van der Waals surface area (Å²) >= 11 is 0. The van der Waals surface area contributed by atoms with Crippen molar-refractivity contribution in [2.45, 2.75) is 51.2 Å². The molecule has 0 saturated carbocycles. The first-order valence-corrected chi connectivity index (χ1v) is 15.2. The van der Waals surface area contributed by atoms with Crippen molar-refractivity contribution in [2.24, 2.45) is 0 Å². The highest BCUT2D eigenvalue weighted by molar-refractivity contribution is 5.98. The average molecular weight is 570 g/mol. The van der Waals surface area contributed by atoms with E-state index in [9.17, 15) is 4.79 Å². The van der Waals surface area contributed by atoms with Gasteiger partial charge in [-0.3, -0.25) is 14.6 Å². The number of hydrogen-bond acceptors (Lipinski definition) is 7. The molecule has 0 N–H and O–H groups in total. The second-order valence-corrected chi connectivity index (χ2v) is 11.9. The van der Waals surface area contributed by atoms with E-state index < -0.39 is 0 Å². The molecule has 2 saturated heterocycles. The van der Waals surface area contributed by atoms with Gasteiger partial charge in [0.2, 0.25) is 13.6 Å². The Hall–Kier alpha value is -3.75. The van der Waals surface area contributed by atoms with Gasteiger partial charge in [0, 0.05) is 50.8 Å². The summed E-state index contributed by atoms with van der Waals surface area (Å²) in [6.45, 7) is 9.89. The van der Waals surface area contributed by atoms with Crippen LogP contribution in [0.1, 0.15) is 59.8 Å². The molecule has 3 aromatic carbocycles. The standard InChI is InChI=1S/C34H39N3O5/c1-23-20-36(28-12-14-35(15-13-28)34(38)29-4-3-5-31-33(29)42-22-40-31)16-17-37(23)24(2)27-9-6-25(7-10-27)18-26-8-11-30-32(19-26)41-21-39-30/h3-11,19,23-24,28H,12-18,20-22H2,1-2H3/t23-,24-/m1/s1. The molecule has 42 heavy (non-hydrogen) atoms. The quantitative estimate of drug-likeness (QED) is 0.409. The molecule has 8 nitrogen and oxygen atoms in total. The van der Waals surface area contributed by atoms with Gasteiger partial charge in [0.15, 0.2) is 23.0 Å². The number of likely N-dealkylation sites (tertiary alicyclic amines) is 1. The molecule has 4 heterocycles. The number of carbonyl (C=O) groups is 1. The molecule has 4 aliphatic rings. The fourth-order valence-corrected chi connectivity index (χ4v) is 7.00. The molecular weight excluding hydrogens is 530 g/mol.